The molecule has 0 atom stereocenters. The molecule has 10 heavy (non-hydrogen) atoms. The zero-order valence-electron chi connectivity index (χ0n) is 7.57. The SMILES string of the molecule is CCC/C(=C\C(C)C)NC. The van der Waals surface area contributed by atoms with Crippen molar-refractivity contribution in [3.63, 3.8) is 0 Å². The van der Waals surface area contributed by atoms with Gasteiger partial charge in [-0.15, -0.1) is 0 Å². The minimum Gasteiger partial charge on any atom is -0.392 e. The van der Waals surface area contributed by atoms with Crippen LogP contribution >= 0.6 is 0 Å². The molecule has 0 spiro atoms. The van der Waals surface area contributed by atoms with Crippen molar-refractivity contribution in [2.45, 2.75) is 33.6 Å². The Balaban J connectivity index is 3.78. The summed E-state index contributed by atoms with van der Waals surface area (Å²) in [5.74, 6) is 0.661. The minimum absolute atomic E-state index is 0.661. The Morgan fingerprint density at radius 3 is 2.40 bits per heavy atom. The van der Waals surface area contributed by atoms with Crippen LogP contribution in [-0.4, -0.2) is 7.05 Å². The zero-order valence-corrected chi connectivity index (χ0v) is 7.57. The summed E-state index contributed by atoms with van der Waals surface area (Å²) in [7, 11) is 1.99. The second-order valence-corrected chi connectivity index (χ2v) is 2.94. The Bertz CT molecular complexity index is 103. The van der Waals surface area contributed by atoms with Crippen LogP contribution in [0.1, 0.15) is 33.6 Å². The Morgan fingerprint density at radius 2 is 2.10 bits per heavy atom. The summed E-state index contributed by atoms with van der Waals surface area (Å²) in [6, 6.07) is 0. The van der Waals surface area contributed by atoms with Gasteiger partial charge in [0, 0.05) is 12.7 Å². The normalized spacial score (nSPS) is 12.3. The lowest BCUT2D eigenvalue weighted by Crippen LogP contribution is -2.06. The Kier molecular flexibility index (Phi) is 5.09. The van der Waals surface area contributed by atoms with Gasteiger partial charge in [0.15, 0.2) is 0 Å². The van der Waals surface area contributed by atoms with Gasteiger partial charge < -0.3 is 5.32 Å². The first-order valence-corrected chi connectivity index (χ1v) is 4.09. The van der Waals surface area contributed by atoms with Crippen molar-refractivity contribution >= 4 is 0 Å². The topological polar surface area (TPSA) is 12.0 Å². The van der Waals surface area contributed by atoms with E-state index < -0.39 is 0 Å². The van der Waals surface area contributed by atoms with E-state index in [1.54, 1.807) is 0 Å². The molecule has 0 radical (unpaired) electrons. The van der Waals surface area contributed by atoms with E-state index in [1.807, 2.05) is 7.05 Å². The Morgan fingerprint density at radius 1 is 1.50 bits per heavy atom. The third-order valence-electron chi connectivity index (χ3n) is 1.37. The molecule has 0 aromatic heterocycles. The molecule has 0 amide bonds. The zero-order chi connectivity index (χ0) is 7.98. The fourth-order valence-corrected chi connectivity index (χ4v) is 0.963. The molecule has 0 aliphatic carbocycles. The summed E-state index contributed by atoms with van der Waals surface area (Å²) in [5.41, 5.74) is 1.37. The van der Waals surface area contributed by atoms with Crippen molar-refractivity contribution in [3.05, 3.63) is 11.8 Å². The van der Waals surface area contributed by atoms with E-state index in [-0.39, 0.29) is 0 Å². The Hall–Kier alpha value is -0.460. The van der Waals surface area contributed by atoms with Crippen LogP contribution in [0.4, 0.5) is 0 Å². The highest BCUT2D eigenvalue weighted by Crippen LogP contribution is 2.04. The predicted molar refractivity (Wildman–Crippen MR) is 46.9 cm³/mol. The highest BCUT2D eigenvalue weighted by Gasteiger charge is 1.92. The maximum absolute atomic E-state index is 3.20. The van der Waals surface area contributed by atoms with E-state index in [2.05, 4.69) is 32.2 Å². The summed E-state index contributed by atoms with van der Waals surface area (Å²) in [5, 5.41) is 3.20. The molecule has 0 bridgehead atoms. The Labute approximate surface area is 64.5 Å². The summed E-state index contributed by atoms with van der Waals surface area (Å²) in [6.45, 7) is 6.60. The molecule has 0 aromatic rings. The van der Waals surface area contributed by atoms with Crippen LogP contribution in [0.5, 0.6) is 0 Å². The largest absolute Gasteiger partial charge is 0.392 e. The smallest absolute Gasteiger partial charge is 0.00660 e. The third kappa shape index (κ3) is 4.42. The van der Waals surface area contributed by atoms with Gasteiger partial charge in [-0.2, -0.15) is 0 Å². The van der Waals surface area contributed by atoms with Gasteiger partial charge in [0.25, 0.3) is 0 Å². The molecule has 0 heterocycles. The average molecular weight is 141 g/mol. The number of hydrogen-bond acceptors (Lipinski definition) is 1. The van der Waals surface area contributed by atoms with Crippen molar-refractivity contribution < 1.29 is 0 Å². The van der Waals surface area contributed by atoms with Gasteiger partial charge in [-0.25, -0.2) is 0 Å². The van der Waals surface area contributed by atoms with Crippen LogP contribution in [0.15, 0.2) is 11.8 Å². The third-order valence-corrected chi connectivity index (χ3v) is 1.37. The second-order valence-electron chi connectivity index (χ2n) is 2.94. The average Bonchev–Trinajstić information content (AvgIpc) is 1.86. The lowest BCUT2D eigenvalue weighted by molar-refractivity contribution is 0.755. The van der Waals surface area contributed by atoms with Crippen molar-refractivity contribution in [1.82, 2.24) is 5.32 Å². The molecule has 0 rings (SSSR count). The highest BCUT2D eigenvalue weighted by molar-refractivity contribution is 4.99. The van der Waals surface area contributed by atoms with Gasteiger partial charge in [-0.1, -0.05) is 33.3 Å². The minimum atomic E-state index is 0.661. The number of allylic oxidation sites excluding steroid dienone is 2. The lowest BCUT2D eigenvalue weighted by Gasteiger charge is -2.06. The number of nitrogens with one attached hydrogen (secondary N) is 1. The van der Waals surface area contributed by atoms with Crippen LogP contribution in [0.3, 0.4) is 0 Å². The molecule has 60 valence electrons. The van der Waals surface area contributed by atoms with Crippen LogP contribution in [0.25, 0.3) is 0 Å². The molecule has 0 aliphatic heterocycles. The van der Waals surface area contributed by atoms with Crippen LogP contribution in [0, 0.1) is 5.92 Å². The first-order chi connectivity index (χ1) is 4.70. The van der Waals surface area contributed by atoms with E-state index in [4.69, 9.17) is 0 Å². The van der Waals surface area contributed by atoms with Gasteiger partial charge in [0.05, 0.1) is 0 Å². The molecule has 0 saturated carbocycles. The maximum atomic E-state index is 3.20. The predicted octanol–water partition coefficient (Wildman–Crippen LogP) is 2.55. The fraction of sp³-hybridized carbons (Fsp3) is 0.778. The van der Waals surface area contributed by atoms with Crippen molar-refractivity contribution in [2.24, 2.45) is 5.92 Å². The molecular weight excluding hydrogens is 122 g/mol. The highest BCUT2D eigenvalue weighted by atomic mass is 14.8. The summed E-state index contributed by atoms with van der Waals surface area (Å²) in [6.07, 6.45) is 4.68. The molecule has 1 nitrogen and oxygen atoms in total. The summed E-state index contributed by atoms with van der Waals surface area (Å²) >= 11 is 0. The van der Waals surface area contributed by atoms with Gasteiger partial charge in [0.2, 0.25) is 0 Å². The molecule has 0 fully saturated rings. The molecule has 1 heteroatoms. The van der Waals surface area contributed by atoms with E-state index in [0.717, 1.165) is 0 Å². The van der Waals surface area contributed by atoms with E-state index in [9.17, 15) is 0 Å². The summed E-state index contributed by atoms with van der Waals surface area (Å²) in [4.78, 5) is 0. The van der Waals surface area contributed by atoms with Crippen LogP contribution in [0.2, 0.25) is 0 Å². The molecular formula is C9H19N. The van der Waals surface area contributed by atoms with E-state index in [1.165, 1.54) is 18.5 Å². The lowest BCUT2D eigenvalue weighted by atomic mass is 10.1. The molecule has 1 N–H and O–H groups in total. The first kappa shape index (κ1) is 9.54. The number of hydrogen-bond donors (Lipinski definition) is 1. The molecule has 0 aromatic carbocycles. The summed E-state index contributed by atoms with van der Waals surface area (Å²) < 4.78 is 0. The molecule has 0 saturated heterocycles. The van der Waals surface area contributed by atoms with Gasteiger partial charge >= 0.3 is 0 Å². The van der Waals surface area contributed by atoms with E-state index in [0.29, 0.717) is 5.92 Å². The van der Waals surface area contributed by atoms with Crippen molar-refractivity contribution in [1.29, 1.82) is 0 Å². The second kappa shape index (κ2) is 5.33. The quantitative estimate of drug-likeness (QED) is 0.634. The standard InChI is InChI=1S/C9H19N/c1-5-6-9(10-4)7-8(2)3/h7-8,10H,5-6H2,1-4H3/b9-7+. The molecule has 0 unspecified atom stereocenters. The van der Waals surface area contributed by atoms with Crippen LogP contribution < -0.4 is 5.32 Å². The molecule has 0 aliphatic rings. The maximum Gasteiger partial charge on any atom is 0.00660 e. The van der Waals surface area contributed by atoms with Gasteiger partial charge in [0.1, 0.15) is 0 Å². The van der Waals surface area contributed by atoms with Crippen molar-refractivity contribution in [2.75, 3.05) is 7.05 Å². The van der Waals surface area contributed by atoms with Crippen LogP contribution in [-0.2, 0) is 0 Å². The first-order valence-electron chi connectivity index (χ1n) is 4.09. The van der Waals surface area contributed by atoms with Gasteiger partial charge in [-0.05, 0) is 12.3 Å². The fourth-order valence-electron chi connectivity index (χ4n) is 0.963. The monoisotopic (exact) mass is 141 g/mol. The van der Waals surface area contributed by atoms with Gasteiger partial charge in [-0.3, -0.25) is 0 Å². The van der Waals surface area contributed by atoms with E-state index >= 15 is 0 Å². The van der Waals surface area contributed by atoms with Crippen molar-refractivity contribution in [3.8, 4) is 0 Å². The number of rotatable bonds is 4.